The van der Waals surface area contributed by atoms with Gasteiger partial charge in [0.1, 0.15) is 5.76 Å². The van der Waals surface area contributed by atoms with Crippen LogP contribution in [-0.2, 0) is 9.59 Å². The predicted molar refractivity (Wildman–Crippen MR) is 107 cm³/mol. The van der Waals surface area contributed by atoms with E-state index >= 15 is 0 Å². The largest absolute Gasteiger partial charge is 0.503 e. The molecule has 1 aliphatic heterocycles. The number of aliphatic hydroxyl groups excluding tert-OH is 1. The number of allylic oxidation sites excluding steroid dienone is 1. The molecule has 0 saturated heterocycles. The molecule has 0 fully saturated rings. The van der Waals surface area contributed by atoms with Gasteiger partial charge in [0, 0.05) is 18.1 Å². The zero-order chi connectivity index (χ0) is 20.3. The molecule has 146 valence electrons. The van der Waals surface area contributed by atoms with Crippen molar-refractivity contribution in [2.45, 2.75) is 6.04 Å². The van der Waals surface area contributed by atoms with Crippen LogP contribution in [0.1, 0.15) is 17.4 Å². The smallest absolute Gasteiger partial charge is 0.290 e. The maximum Gasteiger partial charge on any atom is 0.290 e. The van der Waals surface area contributed by atoms with Crippen molar-refractivity contribution in [1.82, 2.24) is 9.80 Å². The van der Waals surface area contributed by atoms with Crippen LogP contribution >= 0.6 is 11.6 Å². The number of amides is 1. The van der Waals surface area contributed by atoms with Crippen molar-refractivity contribution in [3.8, 4) is 0 Å². The normalized spacial score (nSPS) is 17.4. The zero-order valence-electron chi connectivity index (χ0n) is 15.6. The molecule has 2 heterocycles. The molecule has 3 rings (SSSR count). The lowest BCUT2D eigenvalue weighted by molar-refractivity contribution is -0.129. The molecule has 7 heteroatoms. The van der Waals surface area contributed by atoms with Crippen LogP contribution in [-0.4, -0.2) is 53.8 Å². The number of benzene rings is 1. The lowest BCUT2D eigenvalue weighted by Crippen LogP contribution is -2.36. The molecule has 1 atom stereocenters. The Labute approximate surface area is 168 Å². The first-order chi connectivity index (χ1) is 13.4. The monoisotopic (exact) mass is 400 g/mol. The number of furan rings is 1. The van der Waals surface area contributed by atoms with Crippen LogP contribution in [0, 0.1) is 0 Å². The Balaban J connectivity index is 1.98. The quantitative estimate of drug-likeness (QED) is 0.720. The summed E-state index contributed by atoms with van der Waals surface area (Å²) in [6, 6.07) is 9.66. The number of hydrogen-bond donors (Lipinski definition) is 1. The minimum absolute atomic E-state index is 0.0360. The van der Waals surface area contributed by atoms with Crippen LogP contribution in [0.3, 0.4) is 0 Å². The van der Waals surface area contributed by atoms with Gasteiger partial charge in [-0.25, -0.2) is 0 Å². The standard InChI is InChI=1S/C21H21ClN2O4/c1-23(2)10-11-24-19(14-5-3-6-15(22)13-14)18(20(26)21(24)27)17(25)9-8-16-7-4-12-28-16/h3-9,12-13,19,26H,10-11H2,1-2H3. The number of aliphatic hydroxyl groups is 1. The molecule has 1 aliphatic rings. The van der Waals surface area contributed by atoms with Gasteiger partial charge in [0.05, 0.1) is 17.9 Å². The van der Waals surface area contributed by atoms with Crippen molar-refractivity contribution in [2.75, 3.05) is 27.2 Å². The molecule has 28 heavy (non-hydrogen) atoms. The summed E-state index contributed by atoms with van der Waals surface area (Å²) in [4.78, 5) is 29.0. The summed E-state index contributed by atoms with van der Waals surface area (Å²) in [5, 5.41) is 11.0. The number of halogens is 1. The van der Waals surface area contributed by atoms with Crippen LogP contribution in [0.4, 0.5) is 0 Å². The summed E-state index contributed by atoms with van der Waals surface area (Å²) in [7, 11) is 3.78. The molecule has 0 saturated carbocycles. The highest BCUT2D eigenvalue weighted by Gasteiger charge is 2.42. The average molecular weight is 401 g/mol. The SMILES string of the molecule is CN(C)CCN1C(=O)C(O)=C(C(=O)C=Cc2ccco2)C1c1cccc(Cl)c1. The number of likely N-dealkylation sites (N-methyl/N-ethyl adjacent to an activating group) is 1. The fourth-order valence-corrected chi connectivity index (χ4v) is 3.30. The fraction of sp³-hybridized carbons (Fsp3) is 0.238. The summed E-state index contributed by atoms with van der Waals surface area (Å²) in [6.07, 6.45) is 4.30. The van der Waals surface area contributed by atoms with Crippen molar-refractivity contribution in [3.05, 3.63) is 76.4 Å². The Kier molecular flexibility index (Phi) is 6.02. The first kappa shape index (κ1) is 19.9. The lowest BCUT2D eigenvalue weighted by Gasteiger charge is -2.27. The number of carbonyl (C=O) groups is 2. The van der Waals surface area contributed by atoms with E-state index < -0.39 is 23.5 Å². The summed E-state index contributed by atoms with van der Waals surface area (Å²) in [5.74, 6) is -1.06. The summed E-state index contributed by atoms with van der Waals surface area (Å²) < 4.78 is 5.19. The van der Waals surface area contributed by atoms with Crippen LogP contribution < -0.4 is 0 Å². The maximum atomic E-state index is 12.9. The van der Waals surface area contributed by atoms with Crippen molar-refractivity contribution in [1.29, 1.82) is 0 Å². The zero-order valence-corrected chi connectivity index (χ0v) is 16.4. The van der Waals surface area contributed by atoms with E-state index in [0.717, 1.165) is 0 Å². The first-order valence-corrected chi connectivity index (χ1v) is 9.16. The summed E-state index contributed by atoms with van der Waals surface area (Å²) in [6.45, 7) is 0.936. The fourth-order valence-electron chi connectivity index (χ4n) is 3.10. The number of ketones is 1. The Morgan fingerprint density at radius 2 is 2.11 bits per heavy atom. The Morgan fingerprint density at radius 1 is 1.32 bits per heavy atom. The van der Waals surface area contributed by atoms with Gasteiger partial charge in [-0.2, -0.15) is 0 Å². The number of rotatable bonds is 7. The summed E-state index contributed by atoms with van der Waals surface area (Å²) in [5.41, 5.74) is 0.701. The second kappa shape index (κ2) is 8.46. The topological polar surface area (TPSA) is 74.0 Å². The third-order valence-corrected chi connectivity index (χ3v) is 4.70. The Bertz CT molecular complexity index is 932. The van der Waals surface area contributed by atoms with Gasteiger partial charge in [-0.3, -0.25) is 9.59 Å². The first-order valence-electron chi connectivity index (χ1n) is 8.78. The van der Waals surface area contributed by atoms with Crippen molar-refractivity contribution in [2.24, 2.45) is 0 Å². The molecule has 1 aromatic carbocycles. The molecule has 1 N–H and O–H groups in total. The molecule has 0 spiro atoms. The van der Waals surface area contributed by atoms with Gasteiger partial charge in [-0.05, 0) is 56.1 Å². The molecular weight excluding hydrogens is 380 g/mol. The van der Waals surface area contributed by atoms with E-state index in [4.69, 9.17) is 16.0 Å². The van der Waals surface area contributed by atoms with Gasteiger partial charge in [0.15, 0.2) is 11.5 Å². The van der Waals surface area contributed by atoms with Crippen LogP contribution in [0.2, 0.25) is 5.02 Å². The molecule has 6 nitrogen and oxygen atoms in total. The second-order valence-corrected chi connectivity index (χ2v) is 7.17. The number of nitrogens with zero attached hydrogens (tertiary/aromatic N) is 2. The predicted octanol–water partition coefficient (Wildman–Crippen LogP) is 3.47. The average Bonchev–Trinajstić information content (AvgIpc) is 3.25. The highest BCUT2D eigenvalue weighted by Crippen LogP contribution is 2.38. The lowest BCUT2D eigenvalue weighted by atomic mass is 9.96. The van der Waals surface area contributed by atoms with E-state index in [1.807, 2.05) is 19.0 Å². The molecule has 1 unspecified atom stereocenters. The van der Waals surface area contributed by atoms with Gasteiger partial charge < -0.3 is 19.3 Å². The van der Waals surface area contributed by atoms with Crippen LogP contribution in [0.15, 0.2) is 64.5 Å². The molecule has 2 aromatic rings. The molecule has 0 bridgehead atoms. The maximum absolute atomic E-state index is 12.9. The highest BCUT2D eigenvalue weighted by molar-refractivity contribution is 6.30. The van der Waals surface area contributed by atoms with E-state index in [2.05, 4.69) is 0 Å². The molecular formula is C21H21ClN2O4. The molecule has 0 radical (unpaired) electrons. The summed E-state index contributed by atoms with van der Waals surface area (Å²) >= 11 is 6.13. The number of hydrogen-bond acceptors (Lipinski definition) is 5. The van der Waals surface area contributed by atoms with Crippen LogP contribution in [0.5, 0.6) is 0 Å². The van der Waals surface area contributed by atoms with Crippen molar-refractivity contribution >= 4 is 29.4 Å². The van der Waals surface area contributed by atoms with Gasteiger partial charge in [0.2, 0.25) is 0 Å². The van der Waals surface area contributed by atoms with Crippen molar-refractivity contribution in [3.63, 3.8) is 0 Å². The Hall–Kier alpha value is -2.83. The van der Waals surface area contributed by atoms with E-state index in [0.29, 0.717) is 29.4 Å². The van der Waals surface area contributed by atoms with Gasteiger partial charge in [0.25, 0.3) is 5.91 Å². The minimum Gasteiger partial charge on any atom is -0.503 e. The third kappa shape index (κ3) is 4.18. The minimum atomic E-state index is -0.708. The molecule has 1 aromatic heterocycles. The Morgan fingerprint density at radius 3 is 2.75 bits per heavy atom. The van der Waals surface area contributed by atoms with E-state index in [9.17, 15) is 14.7 Å². The second-order valence-electron chi connectivity index (χ2n) is 6.73. The van der Waals surface area contributed by atoms with E-state index in [1.165, 1.54) is 23.3 Å². The van der Waals surface area contributed by atoms with Gasteiger partial charge in [-0.1, -0.05) is 23.7 Å². The van der Waals surface area contributed by atoms with Crippen molar-refractivity contribution < 1.29 is 19.1 Å². The van der Waals surface area contributed by atoms with E-state index in [1.54, 1.807) is 36.4 Å². The van der Waals surface area contributed by atoms with Crippen LogP contribution in [0.25, 0.3) is 6.08 Å². The van der Waals surface area contributed by atoms with Gasteiger partial charge in [-0.15, -0.1) is 0 Å². The molecule has 1 amide bonds. The molecule has 0 aliphatic carbocycles. The van der Waals surface area contributed by atoms with Gasteiger partial charge >= 0.3 is 0 Å². The van der Waals surface area contributed by atoms with E-state index in [-0.39, 0.29) is 5.57 Å². The highest BCUT2D eigenvalue weighted by atomic mass is 35.5. The number of carbonyl (C=O) groups excluding carboxylic acids is 2. The third-order valence-electron chi connectivity index (χ3n) is 4.46.